The quantitative estimate of drug-likeness (QED) is 0.514. The van der Waals surface area contributed by atoms with Gasteiger partial charge in [-0.3, -0.25) is 9.67 Å². The molecule has 0 aromatic carbocycles. The van der Waals surface area contributed by atoms with E-state index < -0.39 is 12.1 Å². The van der Waals surface area contributed by atoms with E-state index in [4.69, 9.17) is 9.15 Å². The van der Waals surface area contributed by atoms with E-state index in [0.717, 1.165) is 5.56 Å². The maximum Gasteiger partial charge on any atom is 0.356 e. The van der Waals surface area contributed by atoms with Crippen LogP contribution in [0.4, 0.5) is 4.39 Å². The number of aromatic nitrogens is 4. The lowest BCUT2D eigenvalue weighted by Crippen LogP contribution is -2.07. The standard InChI is InChI=1S/C19H15FN4O3/c1-24-10-12(9-22-24)14-4-3-11(8-21-14)17(20)13-7-16(19(25)26-2)23-15-5-6-27-18(13)15/h3-10,17H,1-2H3. The van der Waals surface area contributed by atoms with Gasteiger partial charge in [0.2, 0.25) is 0 Å². The van der Waals surface area contributed by atoms with Crippen molar-refractivity contribution in [3.63, 3.8) is 0 Å². The number of carbonyl (C=O) groups is 1. The molecule has 136 valence electrons. The third-order valence-electron chi connectivity index (χ3n) is 4.19. The molecule has 0 aliphatic rings. The molecule has 0 aliphatic carbocycles. The highest BCUT2D eigenvalue weighted by Gasteiger charge is 2.22. The highest BCUT2D eigenvalue weighted by atomic mass is 19.1. The molecule has 0 bridgehead atoms. The van der Waals surface area contributed by atoms with E-state index in [-0.39, 0.29) is 16.8 Å². The van der Waals surface area contributed by atoms with Gasteiger partial charge in [-0.25, -0.2) is 14.2 Å². The van der Waals surface area contributed by atoms with Gasteiger partial charge in [-0.05, 0) is 12.1 Å². The van der Waals surface area contributed by atoms with Gasteiger partial charge in [0.25, 0.3) is 0 Å². The predicted molar refractivity (Wildman–Crippen MR) is 94.7 cm³/mol. The van der Waals surface area contributed by atoms with Crippen molar-refractivity contribution in [2.75, 3.05) is 7.11 Å². The largest absolute Gasteiger partial charge is 0.464 e. The van der Waals surface area contributed by atoms with Gasteiger partial charge < -0.3 is 9.15 Å². The summed E-state index contributed by atoms with van der Waals surface area (Å²) in [6.45, 7) is 0. The van der Waals surface area contributed by atoms with Gasteiger partial charge in [0, 0.05) is 42.2 Å². The minimum absolute atomic E-state index is 0.0176. The number of nitrogens with zero attached hydrogens (tertiary/aromatic N) is 4. The number of carbonyl (C=O) groups excluding carboxylic acids is 1. The minimum atomic E-state index is -1.54. The summed E-state index contributed by atoms with van der Waals surface area (Å²) in [5, 5.41) is 4.10. The summed E-state index contributed by atoms with van der Waals surface area (Å²) >= 11 is 0. The van der Waals surface area contributed by atoms with Gasteiger partial charge in [0.1, 0.15) is 11.2 Å². The van der Waals surface area contributed by atoms with E-state index in [9.17, 15) is 4.79 Å². The lowest BCUT2D eigenvalue weighted by Gasteiger charge is -2.11. The summed E-state index contributed by atoms with van der Waals surface area (Å²) in [7, 11) is 3.06. The van der Waals surface area contributed by atoms with Crippen LogP contribution < -0.4 is 0 Å². The summed E-state index contributed by atoms with van der Waals surface area (Å²) in [6, 6.07) is 6.28. The van der Waals surface area contributed by atoms with Crippen LogP contribution in [0, 0.1) is 0 Å². The molecule has 0 saturated heterocycles. The Hall–Kier alpha value is -3.55. The zero-order valence-electron chi connectivity index (χ0n) is 14.6. The predicted octanol–water partition coefficient (Wildman–Crippen LogP) is 3.47. The summed E-state index contributed by atoms with van der Waals surface area (Å²) in [5.41, 5.74) is 2.74. The molecule has 0 radical (unpaired) electrons. The van der Waals surface area contributed by atoms with Crippen molar-refractivity contribution >= 4 is 17.1 Å². The van der Waals surface area contributed by atoms with Crippen molar-refractivity contribution in [3.8, 4) is 11.3 Å². The second kappa shape index (κ2) is 6.64. The number of hydrogen-bond donors (Lipinski definition) is 0. The zero-order chi connectivity index (χ0) is 19.0. The second-order valence-electron chi connectivity index (χ2n) is 5.97. The Morgan fingerprint density at radius 3 is 2.81 bits per heavy atom. The van der Waals surface area contributed by atoms with E-state index in [1.165, 1.54) is 25.6 Å². The molecule has 7 nitrogen and oxygen atoms in total. The Labute approximate surface area is 153 Å². The molecule has 4 rings (SSSR count). The van der Waals surface area contributed by atoms with E-state index in [1.54, 1.807) is 29.1 Å². The normalized spacial score (nSPS) is 12.3. The first-order valence-corrected chi connectivity index (χ1v) is 8.12. The number of hydrogen-bond acceptors (Lipinski definition) is 6. The van der Waals surface area contributed by atoms with Gasteiger partial charge in [0.05, 0.1) is 25.3 Å². The number of pyridine rings is 2. The fraction of sp³-hybridized carbons (Fsp3) is 0.158. The average molecular weight is 366 g/mol. The molecule has 4 aromatic rings. The van der Waals surface area contributed by atoms with E-state index in [0.29, 0.717) is 16.8 Å². The van der Waals surface area contributed by atoms with Crippen LogP contribution in [-0.2, 0) is 11.8 Å². The number of furan rings is 1. The summed E-state index contributed by atoms with van der Waals surface area (Å²) < 4.78 is 27.0. The smallest absolute Gasteiger partial charge is 0.356 e. The first kappa shape index (κ1) is 16.9. The van der Waals surface area contributed by atoms with Crippen LogP contribution >= 0.6 is 0 Å². The molecule has 0 fully saturated rings. The topological polar surface area (TPSA) is 83.0 Å². The number of ether oxygens (including phenoxy) is 1. The molecular weight excluding hydrogens is 351 g/mol. The summed E-state index contributed by atoms with van der Waals surface area (Å²) in [6.07, 6.45) is 4.83. The monoisotopic (exact) mass is 366 g/mol. The van der Waals surface area contributed by atoms with Gasteiger partial charge in [-0.1, -0.05) is 6.07 Å². The minimum Gasteiger partial charge on any atom is -0.464 e. The second-order valence-corrected chi connectivity index (χ2v) is 5.97. The highest BCUT2D eigenvalue weighted by Crippen LogP contribution is 2.33. The molecule has 8 heteroatoms. The SMILES string of the molecule is COC(=O)c1cc(C(F)c2ccc(-c3cnn(C)c3)nc2)c2occc2n1. The molecule has 4 aromatic heterocycles. The van der Waals surface area contributed by atoms with Crippen LogP contribution in [-0.4, -0.2) is 32.8 Å². The van der Waals surface area contributed by atoms with Gasteiger partial charge in [-0.2, -0.15) is 5.10 Å². The van der Waals surface area contributed by atoms with Crippen LogP contribution in [0.3, 0.4) is 0 Å². The van der Waals surface area contributed by atoms with Crippen LogP contribution in [0.1, 0.15) is 27.8 Å². The van der Waals surface area contributed by atoms with Gasteiger partial charge in [0.15, 0.2) is 11.8 Å². The number of esters is 1. The molecule has 1 atom stereocenters. The fourth-order valence-corrected chi connectivity index (χ4v) is 2.84. The van der Waals surface area contributed by atoms with Crippen molar-refractivity contribution in [2.45, 2.75) is 6.17 Å². The van der Waals surface area contributed by atoms with Crippen LogP contribution in [0.25, 0.3) is 22.4 Å². The highest BCUT2D eigenvalue weighted by molar-refractivity contribution is 5.91. The number of methoxy groups -OCH3 is 1. The molecular formula is C19H15FN4O3. The maximum absolute atomic E-state index is 15.3. The van der Waals surface area contributed by atoms with Crippen molar-refractivity contribution in [1.29, 1.82) is 0 Å². The first-order valence-electron chi connectivity index (χ1n) is 8.12. The number of rotatable bonds is 4. The molecule has 4 heterocycles. The Balaban J connectivity index is 1.73. The molecule has 27 heavy (non-hydrogen) atoms. The average Bonchev–Trinajstić information content (AvgIpc) is 3.35. The number of fused-ring (bicyclic) bond motifs is 1. The van der Waals surface area contributed by atoms with Crippen molar-refractivity contribution < 1.29 is 18.3 Å². The maximum atomic E-state index is 15.3. The third kappa shape index (κ3) is 3.05. The van der Waals surface area contributed by atoms with Crippen LogP contribution in [0.15, 0.2) is 53.5 Å². The molecule has 0 amide bonds. The number of alkyl halides is 1. The van der Waals surface area contributed by atoms with Crippen LogP contribution in [0.2, 0.25) is 0 Å². The third-order valence-corrected chi connectivity index (χ3v) is 4.19. The summed E-state index contributed by atoms with van der Waals surface area (Å²) in [4.78, 5) is 20.3. The van der Waals surface area contributed by atoms with Gasteiger partial charge in [-0.15, -0.1) is 0 Å². The summed E-state index contributed by atoms with van der Waals surface area (Å²) in [5.74, 6) is -0.642. The lowest BCUT2D eigenvalue weighted by atomic mass is 10.0. The number of halogens is 1. The zero-order valence-corrected chi connectivity index (χ0v) is 14.6. The van der Waals surface area contributed by atoms with E-state index >= 15 is 4.39 Å². The Bertz CT molecular complexity index is 1120. The van der Waals surface area contributed by atoms with Crippen molar-refractivity contribution in [1.82, 2.24) is 19.7 Å². The number of aryl methyl sites for hydroxylation is 1. The van der Waals surface area contributed by atoms with Crippen molar-refractivity contribution in [2.24, 2.45) is 7.05 Å². The van der Waals surface area contributed by atoms with Gasteiger partial charge >= 0.3 is 5.97 Å². The van der Waals surface area contributed by atoms with Crippen molar-refractivity contribution in [3.05, 3.63) is 65.9 Å². The first-order chi connectivity index (χ1) is 13.1. The molecule has 0 spiro atoms. The molecule has 0 aliphatic heterocycles. The Morgan fingerprint density at radius 2 is 2.15 bits per heavy atom. The Morgan fingerprint density at radius 1 is 1.30 bits per heavy atom. The lowest BCUT2D eigenvalue weighted by molar-refractivity contribution is 0.0594. The molecule has 1 unspecified atom stereocenters. The molecule has 0 saturated carbocycles. The Kier molecular flexibility index (Phi) is 4.15. The molecule has 0 N–H and O–H groups in total. The fourth-order valence-electron chi connectivity index (χ4n) is 2.84. The van der Waals surface area contributed by atoms with Crippen LogP contribution in [0.5, 0.6) is 0 Å². The van der Waals surface area contributed by atoms with E-state index in [2.05, 4.69) is 15.1 Å². The van der Waals surface area contributed by atoms with E-state index in [1.807, 2.05) is 13.2 Å².